The molecule has 0 aromatic heterocycles. The van der Waals surface area contributed by atoms with Crippen molar-refractivity contribution < 1.29 is 9.78 Å². The predicted molar refractivity (Wildman–Crippen MR) is 29.1 cm³/mol. The minimum Gasteiger partial charge on any atom is -0.330 e. The first-order valence-electron chi connectivity index (χ1n) is 2.88. The van der Waals surface area contributed by atoms with Crippen LogP contribution in [0.5, 0.6) is 0 Å². The molecule has 0 radical (unpaired) electrons. The molecule has 1 saturated heterocycles. The van der Waals surface area contributed by atoms with E-state index in [1.807, 2.05) is 0 Å². The number of hydrogen-bond acceptors (Lipinski definition) is 3. The van der Waals surface area contributed by atoms with Crippen LogP contribution in [0.25, 0.3) is 0 Å². The largest absolute Gasteiger partial charge is 0.330 e. The third kappa shape index (κ3) is 1.43. The normalized spacial score (nSPS) is 30.4. The van der Waals surface area contributed by atoms with Crippen LogP contribution >= 0.6 is 0 Å². The van der Waals surface area contributed by atoms with Gasteiger partial charge in [-0.3, -0.25) is 0 Å². The Morgan fingerprint density at radius 3 is 2.75 bits per heavy atom. The summed E-state index contributed by atoms with van der Waals surface area (Å²) in [5.41, 5.74) is 5.37. The van der Waals surface area contributed by atoms with Crippen LogP contribution in [0.2, 0.25) is 0 Å². The van der Waals surface area contributed by atoms with Crippen LogP contribution in [0, 0.1) is 5.92 Å². The van der Waals surface area contributed by atoms with Gasteiger partial charge in [0, 0.05) is 0 Å². The van der Waals surface area contributed by atoms with Crippen LogP contribution in [0.1, 0.15) is 6.42 Å². The standard InChI is InChI=1S/C5H11NO2/c6-3-5-1-2-7-8-4-5/h5H,1-4,6H2. The lowest BCUT2D eigenvalue weighted by Gasteiger charge is -2.18. The molecule has 1 fully saturated rings. The molecule has 1 unspecified atom stereocenters. The van der Waals surface area contributed by atoms with E-state index in [1.165, 1.54) is 0 Å². The molecule has 0 aromatic rings. The van der Waals surface area contributed by atoms with Gasteiger partial charge in [-0.25, -0.2) is 9.78 Å². The maximum Gasteiger partial charge on any atom is 0.0863 e. The molecule has 0 bridgehead atoms. The molecule has 0 aromatic carbocycles. The molecule has 0 aliphatic carbocycles. The van der Waals surface area contributed by atoms with Gasteiger partial charge in [-0.05, 0) is 18.9 Å². The Bertz CT molecular complexity index is 61.4. The van der Waals surface area contributed by atoms with Gasteiger partial charge in [0.15, 0.2) is 0 Å². The first-order chi connectivity index (χ1) is 3.93. The van der Waals surface area contributed by atoms with E-state index in [-0.39, 0.29) is 0 Å². The summed E-state index contributed by atoms with van der Waals surface area (Å²) in [6.45, 7) is 2.07. The maximum absolute atomic E-state index is 5.37. The Balaban J connectivity index is 2.13. The second-order valence-electron chi connectivity index (χ2n) is 2.00. The molecule has 0 spiro atoms. The number of hydrogen-bond donors (Lipinski definition) is 1. The van der Waals surface area contributed by atoms with Gasteiger partial charge >= 0.3 is 0 Å². The summed E-state index contributed by atoms with van der Waals surface area (Å²) in [5.74, 6) is 0.517. The number of nitrogens with two attached hydrogens (primary N) is 1. The Hall–Kier alpha value is -0.120. The van der Waals surface area contributed by atoms with Crippen LogP contribution in [0.3, 0.4) is 0 Å². The minimum absolute atomic E-state index is 0.517. The van der Waals surface area contributed by atoms with Crippen molar-refractivity contribution >= 4 is 0 Å². The van der Waals surface area contributed by atoms with E-state index < -0.39 is 0 Å². The van der Waals surface area contributed by atoms with Crippen LogP contribution in [-0.4, -0.2) is 19.8 Å². The first kappa shape index (κ1) is 6.01. The van der Waals surface area contributed by atoms with Crippen LogP contribution in [0.4, 0.5) is 0 Å². The third-order valence-electron chi connectivity index (χ3n) is 1.33. The minimum atomic E-state index is 0.517. The fourth-order valence-electron chi connectivity index (χ4n) is 0.687. The lowest BCUT2D eigenvalue weighted by Crippen LogP contribution is -2.25. The Morgan fingerprint density at radius 1 is 1.50 bits per heavy atom. The zero-order chi connectivity index (χ0) is 5.82. The van der Waals surface area contributed by atoms with E-state index in [1.54, 1.807) is 0 Å². The van der Waals surface area contributed by atoms with Crippen molar-refractivity contribution in [3.63, 3.8) is 0 Å². The molecular formula is C5H11NO2. The SMILES string of the molecule is NCC1CCOOC1. The second-order valence-corrected chi connectivity index (χ2v) is 2.00. The molecule has 48 valence electrons. The lowest BCUT2D eigenvalue weighted by molar-refractivity contribution is -0.323. The van der Waals surface area contributed by atoms with E-state index in [2.05, 4.69) is 4.89 Å². The van der Waals surface area contributed by atoms with Gasteiger partial charge in [-0.1, -0.05) is 0 Å². The Morgan fingerprint density at radius 2 is 2.38 bits per heavy atom. The molecule has 1 aliphatic rings. The van der Waals surface area contributed by atoms with Crippen molar-refractivity contribution in [1.29, 1.82) is 0 Å². The van der Waals surface area contributed by atoms with Crippen LogP contribution in [0.15, 0.2) is 0 Å². The zero-order valence-corrected chi connectivity index (χ0v) is 4.80. The molecule has 1 heterocycles. The number of rotatable bonds is 1. The van der Waals surface area contributed by atoms with Crippen molar-refractivity contribution in [3.05, 3.63) is 0 Å². The quantitative estimate of drug-likeness (QED) is 0.488. The van der Waals surface area contributed by atoms with E-state index in [0.717, 1.165) is 6.42 Å². The van der Waals surface area contributed by atoms with Gasteiger partial charge in [0.1, 0.15) is 0 Å². The summed E-state index contributed by atoms with van der Waals surface area (Å²) in [6, 6.07) is 0. The van der Waals surface area contributed by atoms with Gasteiger partial charge in [0.2, 0.25) is 0 Å². The predicted octanol–water partition coefficient (Wildman–Crippen LogP) is -0.0868. The average molecular weight is 117 g/mol. The van der Waals surface area contributed by atoms with Crippen molar-refractivity contribution in [2.24, 2.45) is 11.7 Å². The Kier molecular flexibility index (Phi) is 2.27. The van der Waals surface area contributed by atoms with E-state index in [9.17, 15) is 0 Å². The van der Waals surface area contributed by atoms with Crippen molar-refractivity contribution in [2.75, 3.05) is 19.8 Å². The molecule has 1 rings (SSSR count). The first-order valence-corrected chi connectivity index (χ1v) is 2.88. The summed E-state index contributed by atoms with van der Waals surface area (Å²) in [6.07, 6.45) is 1.04. The molecular weight excluding hydrogens is 106 g/mol. The van der Waals surface area contributed by atoms with Gasteiger partial charge in [-0.15, -0.1) is 0 Å². The monoisotopic (exact) mass is 117 g/mol. The fourth-order valence-corrected chi connectivity index (χ4v) is 0.687. The molecule has 1 atom stereocenters. The summed E-state index contributed by atoms with van der Waals surface area (Å²) in [5, 5.41) is 0. The molecule has 3 heteroatoms. The maximum atomic E-state index is 5.37. The molecule has 2 N–H and O–H groups in total. The highest BCUT2D eigenvalue weighted by Gasteiger charge is 2.11. The fraction of sp³-hybridized carbons (Fsp3) is 1.00. The molecule has 1 aliphatic heterocycles. The van der Waals surface area contributed by atoms with Crippen LogP contribution in [-0.2, 0) is 9.78 Å². The highest BCUT2D eigenvalue weighted by atomic mass is 17.2. The topological polar surface area (TPSA) is 44.5 Å². The highest BCUT2D eigenvalue weighted by Crippen LogP contribution is 2.07. The van der Waals surface area contributed by atoms with Crippen LogP contribution < -0.4 is 5.73 Å². The van der Waals surface area contributed by atoms with E-state index in [0.29, 0.717) is 25.7 Å². The third-order valence-corrected chi connectivity index (χ3v) is 1.33. The summed E-state index contributed by atoms with van der Waals surface area (Å²) in [7, 11) is 0. The van der Waals surface area contributed by atoms with E-state index >= 15 is 0 Å². The van der Waals surface area contributed by atoms with Gasteiger partial charge in [-0.2, -0.15) is 0 Å². The molecule has 0 saturated carbocycles. The molecule has 0 amide bonds. The van der Waals surface area contributed by atoms with Crippen molar-refractivity contribution in [3.8, 4) is 0 Å². The van der Waals surface area contributed by atoms with E-state index in [4.69, 9.17) is 10.6 Å². The summed E-state index contributed by atoms with van der Waals surface area (Å²) < 4.78 is 0. The van der Waals surface area contributed by atoms with Crippen molar-refractivity contribution in [2.45, 2.75) is 6.42 Å². The van der Waals surface area contributed by atoms with Gasteiger partial charge in [0.05, 0.1) is 13.2 Å². The Labute approximate surface area is 48.7 Å². The van der Waals surface area contributed by atoms with Crippen molar-refractivity contribution in [1.82, 2.24) is 0 Å². The lowest BCUT2D eigenvalue weighted by atomic mass is 10.1. The zero-order valence-electron chi connectivity index (χ0n) is 4.80. The van der Waals surface area contributed by atoms with Gasteiger partial charge < -0.3 is 5.73 Å². The average Bonchev–Trinajstić information content (AvgIpc) is 1.90. The summed E-state index contributed by atoms with van der Waals surface area (Å²) in [4.78, 5) is 9.34. The summed E-state index contributed by atoms with van der Waals surface area (Å²) >= 11 is 0. The van der Waals surface area contributed by atoms with Gasteiger partial charge in [0.25, 0.3) is 0 Å². The molecule has 3 nitrogen and oxygen atoms in total. The smallest absolute Gasteiger partial charge is 0.0863 e. The highest BCUT2D eigenvalue weighted by molar-refractivity contribution is 4.58. The molecule has 8 heavy (non-hydrogen) atoms. The second kappa shape index (κ2) is 3.02.